The molecule has 0 radical (unpaired) electrons. The van der Waals surface area contributed by atoms with Gasteiger partial charge in [0, 0.05) is 18.3 Å². The molecule has 17 heavy (non-hydrogen) atoms. The summed E-state index contributed by atoms with van der Waals surface area (Å²) in [4.78, 5) is 20.3. The van der Waals surface area contributed by atoms with E-state index in [0.29, 0.717) is 12.0 Å². The molecule has 6 nitrogen and oxygen atoms in total. The molecule has 0 amide bonds. The third-order valence-electron chi connectivity index (χ3n) is 2.78. The second kappa shape index (κ2) is 5.31. The first kappa shape index (κ1) is 12.1. The van der Waals surface area contributed by atoms with Gasteiger partial charge in [-0.1, -0.05) is 0 Å². The molecule has 0 spiro atoms. The highest BCUT2D eigenvalue weighted by Crippen LogP contribution is 2.21. The first-order chi connectivity index (χ1) is 8.18. The van der Waals surface area contributed by atoms with E-state index in [1.807, 2.05) is 11.8 Å². The van der Waals surface area contributed by atoms with Crippen LogP contribution in [0.15, 0.2) is 12.4 Å². The summed E-state index contributed by atoms with van der Waals surface area (Å²) in [6.07, 6.45) is 3.63. The number of anilines is 1. The van der Waals surface area contributed by atoms with Crippen LogP contribution in [-0.4, -0.2) is 39.0 Å². The molecule has 1 aromatic rings. The Bertz CT molecular complexity index is 398. The molecule has 2 heterocycles. The molecule has 1 unspecified atom stereocenters. The Morgan fingerprint density at radius 1 is 1.47 bits per heavy atom. The Morgan fingerprint density at radius 2 is 2.18 bits per heavy atom. The third-order valence-corrected chi connectivity index (χ3v) is 3.78. The van der Waals surface area contributed by atoms with E-state index < -0.39 is 4.92 Å². The largest absolute Gasteiger partial charge is 0.337 e. The van der Waals surface area contributed by atoms with Crippen LogP contribution in [0.4, 0.5) is 11.6 Å². The SMILES string of the molecule is CC1CCSCCN1c1ncc([N+](=O)[O-])cn1. The molecule has 1 saturated heterocycles. The first-order valence-electron chi connectivity index (χ1n) is 5.49. The van der Waals surface area contributed by atoms with Crippen molar-refractivity contribution in [3.8, 4) is 0 Å². The summed E-state index contributed by atoms with van der Waals surface area (Å²) in [6.45, 7) is 3.03. The average molecular weight is 254 g/mol. The van der Waals surface area contributed by atoms with Crippen molar-refractivity contribution in [1.82, 2.24) is 9.97 Å². The summed E-state index contributed by atoms with van der Waals surface area (Å²) in [7, 11) is 0. The predicted octanol–water partition coefficient (Wildman–Crippen LogP) is 1.72. The number of hydrogen-bond acceptors (Lipinski definition) is 6. The highest BCUT2D eigenvalue weighted by atomic mass is 32.2. The second-order valence-electron chi connectivity index (χ2n) is 3.94. The number of thioether (sulfide) groups is 1. The zero-order valence-corrected chi connectivity index (χ0v) is 10.4. The lowest BCUT2D eigenvalue weighted by atomic mass is 10.2. The summed E-state index contributed by atoms with van der Waals surface area (Å²) in [5.41, 5.74) is -0.0643. The predicted molar refractivity (Wildman–Crippen MR) is 67.4 cm³/mol. The van der Waals surface area contributed by atoms with Crippen molar-refractivity contribution in [2.24, 2.45) is 0 Å². The van der Waals surface area contributed by atoms with Crippen LogP contribution in [0.2, 0.25) is 0 Å². The monoisotopic (exact) mass is 254 g/mol. The topological polar surface area (TPSA) is 72.2 Å². The molecule has 0 bridgehead atoms. The van der Waals surface area contributed by atoms with Crippen LogP contribution in [0.25, 0.3) is 0 Å². The van der Waals surface area contributed by atoms with Crippen molar-refractivity contribution in [2.45, 2.75) is 19.4 Å². The molecule has 2 rings (SSSR count). The maximum Gasteiger partial charge on any atom is 0.305 e. The van der Waals surface area contributed by atoms with Gasteiger partial charge >= 0.3 is 5.69 Å². The fraction of sp³-hybridized carbons (Fsp3) is 0.600. The third kappa shape index (κ3) is 2.85. The van der Waals surface area contributed by atoms with Gasteiger partial charge in [-0.05, 0) is 19.1 Å². The Hall–Kier alpha value is -1.37. The average Bonchev–Trinajstić information content (AvgIpc) is 2.54. The summed E-state index contributed by atoms with van der Waals surface area (Å²) >= 11 is 1.92. The van der Waals surface area contributed by atoms with Gasteiger partial charge in [0.1, 0.15) is 12.4 Å². The van der Waals surface area contributed by atoms with Gasteiger partial charge in [-0.2, -0.15) is 11.8 Å². The van der Waals surface area contributed by atoms with Gasteiger partial charge in [0.15, 0.2) is 0 Å². The minimum Gasteiger partial charge on any atom is -0.337 e. The fourth-order valence-corrected chi connectivity index (χ4v) is 2.79. The van der Waals surface area contributed by atoms with Gasteiger partial charge in [0.2, 0.25) is 5.95 Å². The van der Waals surface area contributed by atoms with Crippen molar-refractivity contribution in [3.63, 3.8) is 0 Å². The van der Waals surface area contributed by atoms with Gasteiger partial charge in [0.05, 0.1) is 4.92 Å². The minimum atomic E-state index is -0.481. The minimum absolute atomic E-state index is 0.0643. The van der Waals surface area contributed by atoms with Gasteiger partial charge in [-0.25, -0.2) is 9.97 Å². The lowest BCUT2D eigenvalue weighted by Gasteiger charge is -2.26. The lowest BCUT2D eigenvalue weighted by molar-refractivity contribution is -0.385. The molecule has 0 aromatic carbocycles. The van der Waals surface area contributed by atoms with Crippen molar-refractivity contribution in [1.29, 1.82) is 0 Å². The van der Waals surface area contributed by atoms with Crippen molar-refractivity contribution < 1.29 is 4.92 Å². The van der Waals surface area contributed by atoms with Crippen LogP contribution in [0, 0.1) is 10.1 Å². The number of hydrogen-bond donors (Lipinski definition) is 0. The summed E-state index contributed by atoms with van der Waals surface area (Å²) in [5, 5.41) is 10.5. The molecule has 0 saturated carbocycles. The quantitative estimate of drug-likeness (QED) is 0.591. The molecule has 1 aliphatic heterocycles. The van der Waals surface area contributed by atoms with Crippen LogP contribution in [0.3, 0.4) is 0 Å². The Labute approximate surface area is 104 Å². The van der Waals surface area contributed by atoms with E-state index in [0.717, 1.165) is 24.5 Å². The van der Waals surface area contributed by atoms with Gasteiger partial charge in [0.25, 0.3) is 0 Å². The number of aromatic nitrogens is 2. The molecule has 0 aliphatic carbocycles. The van der Waals surface area contributed by atoms with Crippen molar-refractivity contribution >= 4 is 23.4 Å². The number of nitro groups is 1. The Kier molecular flexibility index (Phi) is 3.78. The van der Waals surface area contributed by atoms with Crippen molar-refractivity contribution in [3.05, 3.63) is 22.5 Å². The standard InChI is InChI=1S/C10H14N4O2S/c1-8-2-4-17-5-3-13(8)10-11-6-9(7-12-10)14(15)16/h6-8H,2-5H2,1H3. The number of rotatable bonds is 2. The van der Waals surface area contributed by atoms with E-state index in [1.54, 1.807) is 0 Å². The Morgan fingerprint density at radius 3 is 2.82 bits per heavy atom. The molecule has 1 atom stereocenters. The molecule has 92 valence electrons. The van der Waals surface area contributed by atoms with E-state index in [9.17, 15) is 10.1 Å². The molecular weight excluding hydrogens is 240 g/mol. The highest BCUT2D eigenvalue weighted by molar-refractivity contribution is 7.99. The van der Waals surface area contributed by atoms with Crippen LogP contribution in [0.1, 0.15) is 13.3 Å². The van der Waals surface area contributed by atoms with E-state index in [4.69, 9.17) is 0 Å². The maximum atomic E-state index is 10.5. The summed E-state index contributed by atoms with van der Waals surface area (Å²) < 4.78 is 0. The summed E-state index contributed by atoms with van der Waals surface area (Å²) in [6, 6.07) is 0.381. The van der Waals surface area contributed by atoms with E-state index in [2.05, 4.69) is 21.8 Å². The normalized spacial score (nSPS) is 21.0. The van der Waals surface area contributed by atoms with Gasteiger partial charge < -0.3 is 4.90 Å². The zero-order valence-electron chi connectivity index (χ0n) is 9.57. The molecule has 0 N–H and O–H groups in total. The van der Waals surface area contributed by atoms with Gasteiger partial charge in [-0.3, -0.25) is 10.1 Å². The van der Waals surface area contributed by atoms with Crippen LogP contribution in [0.5, 0.6) is 0 Å². The molecule has 7 heteroatoms. The lowest BCUT2D eigenvalue weighted by Crippen LogP contribution is -2.35. The van der Waals surface area contributed by atoms with Crippen LogP contribution >= 0.6 is 11.8 Å². The Balaban J connectivity index is 2.17. The molecule has 1 fully saturated rings. The zero-order chi connectivity index (χ0) is 12.3. The second-order valence-corrected chi connectivity index (χ2v) is 5.17. The van der Waals surface area contributed by atoms with E-state index in [1.165, 1.54) is 12.4 Å². The van der Waals surface area contributed by atoms with Crippen LogP contribution in [-0.2, 0) is 0 Å². The fourth-order valence-electron chi connectivity index (χ4n) is 1.75. The van der Waals surface area contributed by atoms with Crippen LogP contribution < -0.4 is 4.90 Å². The van der Waals surface area contributed by atoms with E-state index in [-0.39, 0.29) is 5.69 Å². The summed E-state index contributed by atoms with van der Waals surface area (Å²) in [5.74, 6) is 2.78. The molecular formula is C10H14N4O2S. The van der Waals surface area contributed by atoms with Gasteiger partial charge in [-0.15, -0.1) is 0 Å². The smallest absolute Gasteiger partial charge is 0.305 e. The number of nitrogens with zero attached hydrogens (tertiary/aromatic N) is 4. The van der Waals surface area contributed by atoms with Crippen molar-refractivity contribution in [2.75, 3.05) is 23.0 Å². The molecule has 1 aliphatic rings. The molecule has 1 aromatic heterocycles. The van der Waals surface area contributed by atoms with E-state index >= 15 is 0 Å². The first-order valence-corrected chi connectivity index (χ1v) is 6.65. The highest BCUT2D eigenvalue weighted by Gasteiger charge is 2.20. The maximum absolute atomic E-state index is 10.5.